The fourth-order valence-electron chi connectivity index (χ4n) is 1.25. The number of hydrogen-bond acceptors (Lipinski definition) is 3. The van der Waals surface area contributed by atoms with Gasteiger partial charge in [-0.2, -0.15) is 0 Å². The topological polar surface area (TPSA) is 61.4 Å². The molecule has 0 aromatic heterocycles. The molecule has 0 heterocycles. The van der Waals surface area contributed by atoms with Crippen molar-refractivity contribution in [3.05, 3.63) is 29.6 Å². The van der Waals surface area contributed by atoms with Gasteiger partial charge in [0.1, 0.15) is 11.6 Å². The highest BCUT2D eigenvalue weighted by Crippen LogP contribution is 2.17. The minimum Gasteiger partial charge on any atom is -0.508 e. The Hall–Kier alpha value is -1.62. The smallest absolute Gasteiger partial charge is 0.216 e. The lowest BCUT2D eigenvalue weighted by Crippen LogP contribution is -2.29. The van der Waals surface area contributed by atoms with Gasteiger partial charge in [0, 0.05) is 32.1 Å². The van der Waals surface area contributed by atoms with Gasteiger partial charge in [-0.05, 0) is 18.2 Å². The van der Waals surface area contributed by atoms with Crippen LogP contribution in [0.2, 0.25) is 0 Å². The molecular weight excluding hydrogens is 211 g/mol. The quantitative estimate of drug-likeness (QED) is 0.649. The van der Waals surface area contributed by atoms with E-state index in [-0.39, 0.29) is 17.5 Å². The molecule has 4 nitrogen and oxygen atoms in total. The third-order valence-electron chi connectivity index (χ3n) is 2.03. The zero-order chi connectivity index (χ0) is 12.0. The number of phenols is 1. The second-order valence-electron chi connectivity index (χ2n) is 3.43. The van der Waals surface area contributed by atoms with Crippen LogP contribution in [0.25, 0.3) is 0 Å². The van der Waals surface area contributed by atoms with E-state index in [4.69, 9.17) is 0 Å². The monoisotopic (exact) mass is 226 g/mol. The normalized spacial score (nSPS) is 10.1. The Kier molecular flexibility index (Phi) is 4.72. The van der Waals surface area contributed by atoms with Gasteiger partial charge in [0.05, 0.1) is 0 Å². The number of rotatable bonds is 5. The molecule has 0 fully saturated rings. The summed E-state index contributed by atoms with van der Waals surface area (Å²) in [5, 5.41) is 15.0. The summed E-state index contributed by atoms with van der Waals surface area (Å²) in [6.07, 6.45) is 0. The summed E-state index contributed by atoms with van der Waals surface area (Å²) in [6.45, 7) is 2.88. The van der Waals surface area contributed by atoms with Crippen LogP contribution < -0.4 is 10.6 Å². The van der Waals surface area contributed by atoms with Gasteiger partial charge in [0.2, 0.25) is 5.91 Å². The lowest BCUT2D eigenvalue weighted by atomic mass is 10.2. The van der Waals surface area contributed by atoms with Crippen LogP contribution in [-0.2, 0) is 11.3 Å². The third-order valence-corrected chi connectivity index (χ3v) is 2.03. The Balaban J connectivity index is 2.31. The molecule has 0 atom stereocenters. The molecule has 0 unspecified atom stereocenters. The van der Waals surface area contributed by atoms with Crippen LogP contribution in [0.5, 0.6) is 5.75 Å². The molecule has 5 heteroatoms. The van der Waals surface area contributed by atoms with Crippen molar-refractivity contribution >= 4 is 5.91 Å². The van der Waals surface area contributed by atoms with Crippen LogP contribution in [0, 0.1) is 5.82 Å². The van der Waals surface area contributed by atoms with Gasteiger partial charge in [0.25, 0.3) is 0 Å². The number of benzene rings is 1. The molecule has 88 valence electrons. The molecule has 0 radical (unpaired) electrons. The number of amides is 1. The summed E-state index contributed by atoms with van der Waals surface area (Å²) in [5.41, 5.74) is 0.503. The molecule has 1 aromatic carbocycles. The van der Waals surface area contributed by atoms with Gasteiger partial charge in [-0.15, -0.1) is 0 Å². The number of phenolic OH excluding ortho intramolecular Hbond substituents is 1. The molecule has 0 aliphatic rings. The maximum Gasteiger partial charge on any atom is 0.216 e. The number of halogens is 1. The SMILES string of the molecule is CC(=O)NCCNCc1cc(F)ccc1O. The lowest BCUT2D eigenvalue weighted by molar-refractivity contribution is -0.118. The van der Waals surface area contributed by atoms with Gasteiger partial charge in [-0.3, -0.25) is 4.79 Å². The zero-order valence-corrected chi connectivity index (χ0v) is 9.09. The molecule has 16 heavy (non-hydrogen) atoms. The largest absolute Gasteiger partial charge is 0.508 e. The number of carbonyl (C=O) groups excluding carboxylic acids is 1. The average molecular weight is 226 g/mol. The van der Waals surface area contributed by atoms with Crippen molar-refractivity contribution in [2.24, 2.45) is 0 Å². The minimum absolute atomic E-state index is 0.0634. The Morgan fingerprint density at radius 1 is 1.44 bits per heavy atom. The number of carbonyl (C=O) groups is 1. The molecule has 3 N–H and O–H groups in total. The van der Waals surface area contributed by atoms with E-state index >= 15 is 0 Å². The van der Waals surface area contributed by atoms with Gasteiger partial charge < -0.3 is 15.7 Å². The van der Waals surface area contributed by atoms with Crippen molar-refractivity contribution < 1.29 is 14.3 Å². The molecule has 0 spiro atoms. The second-order valence-corrected chi connectivity index (χ2v) is 3.43. The van der Waals surface area contributed by atoms with Gasteiger partial charge in [-0.1, -0.05) is 0 Å². The first-order valence-corrected chi connectivity index (χ1v) is 5.02. The van der Waals surface area contributed by atoms with E-state index in [1.165, 1.54) is 25.1 Å². The maximum atomic E-state index is 12.8. The van der Waals surface area contributed by atoms with Crippen molar-refractivity contribution in [3.8, 4) is 5.75 Å². The summed E-state index contributed by atoms with van der Waals surface area (Å²) in [5.74, 6) is -0.403. The van der Waals surface area contributed by atoms with E-state index in [9.17, 15) is 14.3 Å². The highest BCUT2D eigenvalue weighted by atomic mass is 19.1. The zero-order valence-electron chi connectivity index (χ0n) is 9.09. The third kappa shape index (κ3) is 4.27. The van der Waals surface area contributed by atoms with Crippen LogP contribution >= 0.6 is 0 Å². The summed E-state index contributed by atoms with van der Waals surface area (Å²) in [7, 11) is 0. The van der Waals surface area contributed by atoms with Crippen molar-refractivity contribution in [2.75, 3.05) is 13.1 Å². The fraction of sp³-hybridized carbons (Fsp3) is 0.364. The molecular formula is C11H15FN2O2. The average Bonchev–Trinajstić information content (AvgIpc) is 2.22. The van der Waals surface area contributed by atoms with E-state index in [1.54, 1.807) is 0 Å². The Morgan fingerprint density at radius 3 is 2.88 bits per heavy atom. The summed E-state index contributed by atoms with van der Waals surface area (Å²) in [6, 6.07) is 3.80. The van der Waals surface area contributed by atoms with Crippen LogP contribution in [0.3, 0.4) is 0 Å². The van der Waals surface area contributed by atoms with E-state index in [0.29, 0.717) is 25.2 Å². The maximum absolute atomic E-state index is 12.8. The molecule has 0 saturated heterocycles. The molecule has 0 saturated carbocycles. The lowest BCUT2D eigenvalue weighted by Gasteiger charge is -2.07. The fourth-order valence-corrected chi connectivity index (χ4v) is 1.25. The van der Waals surface area contributed by atoms with Crippen LogP contribution in [0.4, 0.5) is 4.39 Å². The molecule has 0 aliphatic carbocycles. The summed E-state index contributed by atoms with van der Waals surface area (Å²) < 4.78 is 12.8. The standard InChI is InChI=1S/C11H15FN2O2/c1-8(15)14-5-4-13-7-9-6-10(12)2-3-11(9)16/h2-3,6,13,16H,4-5,7H2,1H3,(H,14,15). The molecule has 1 rings (SSSR count). The van der Waals surface area contributed by atoms with E-state index < -0.39 is 0 Å². The van der Waals surface area contributed by atoms with E-state index in [1.807, 2.05) is 0 Å². The van der Waals surface area contributed by atoms with Crippen molar-refractivity contribution in [1.82, 2.24) is 10.6 Å². The van der Waals surface area contributed by atoms with Crippen LogP contribution in [0.15, 0.2) is 18.2 Å². The predicted molar refractivity (Wildman–Crippen MR) is 58.5 cm³/mol. The highest BCUT2D eigenvalue weighted by molar-refractivity contribution is 5.72. The van der Waals surface area contributed by atoms with Crippen molar-refractivity contribution in [2.45, 2.75) is 13.5 Å². The number of hydrogen-bond donors (Lipinski definition) is 3. The Morgan fingerprint density at radius 2 is 2.19 bits per heavy atom. The van der Waals surface area contributed by atoms with E-state index in [0.717, 1.165) is 0 Å². The second kappa shape index (κ2) is 6.07. The van der Waals surface area contributed by atoms with E-state index in [2.05, 4.69) is 10.6 Å². The molecule has 0 aliphatic heterocycles. The number of nitrogens with one attached hydrogen (secondary N) is 2. The van der Waals surface area contributed by atoms with Crippen molar-refractivity contribution in [3.63, 3.8) is 0 Å². The first-order valence-electron chi connectivity index (χ1n) is 5.02. The number of aromatic hydroxyl groups is 1. The predicted octanol–water partition coefficient (Wildman–Crippen LogP) is 0.757. The molecule has 1 amide bonds. The Bertz CT molecular complexity index is 369. The van der Waals surface area contributed by atoms with Gasteiger partial charge in [-0.25, -0.2) is 4.39 Å². The van der Waals surface area contributed by atoms with Crippen LogP contribution in [-0.4, -0.2) is 24.1 Å². The van der Waals surface area contributed by atoms with Gasteiger partial charge >= 0.3 is 0 Å². The Labute approximate surface area is 93.5 Å². The van der Waals surface area contributed by atoms with Crippen molar-refractivity contribution in [1.29, 1.82) is 0 Å². The molecule has 0 bridgehead atoms. The first-order chi connectivity index (χ1) is 7.59. The highest BCUT2D eigenvalue weighted by Gasteiger charge is 2.01. The first kappa shape index (κ1) is 12.4. The molecule has 1 aromatic rings. The summed E-state index contributed by atoms with van der Waals surface area (Å²) >= 11 is 0. The van der Waals surface area contributed by atoms with Crippen LogP contribution in [0.1, 0.15) is 12.5 Å². The summed E-state index contributed by atoms with van der Waals surface area (Å²) in [4.78, 5) is 10.5. The van der Waals surface area contributed by atoms with Gasteiger partial charge in [0.15, 0.2) is 0 Å². The minimum atomic E-state index is -0.378.